The number of sulfone groups is 1. The Hall–Kier alpha value is -3.26. The zero-order valence-electron chi connectivity index (χ0n) is 16.4. The summed E-state index contributed by atoms with van der Waals surface area (Å²) in [7, 11) is -3.34. The molecule has 29 heavy (non-hydrogen) atoms. The van der Waals surface area contributed by atoms with Gasteiger partial charge in [-0.05, 0) is 36.2 Å². The van der Waals surface area contributed by atoms with E-state index in [1.54, 1.807) is 24.4 Å². The lowest BCUT2D eigenvalue weighted by atomic mass is 10.1. The van der Waals surface area contributed by atoms with Crippen molar-refractivity contribution in [3.63, 3.8) is 0 Å². The summed E-state index contributed by atoms with van der Waals surface area (Å²) >= 11 is 0. The Morgan fingerprint density at radius 2 is 1.79 bits per heavy atom. The summed E-state index contributed by atoms with van der Waals surface area (Å²) in [5.41, 5.74) is 3.45. The van der Waals surface area contributed by atoms with Crippen molar-refractivity contribution in [3.05, 3.63) is 66.7 Å². The minimum absolute atomic E-state index is 0.194. The van der Waals surface area contributed by atoms with Gasteiger partial charge >= 0.3 is 0 Å². The summed E-state index contributed by atoms with van der Waals surface area (Å²) in [5.74, 6) is 0.731. The number of para-hydroxylation sites is 1. The molecule has 148 valence electrons. The Bertz CT molecular complexity index is 1280. The highest BCUT2D eigenvalue weighted by atomic mass is 32.2. The van der Waals surface area contributed by atoms with Crippen LogP contribution in [0.1, 0.15) is 25.5 Å². The van der Waals surface area contributed by atoms with Gasteiger partial charge in [-0.25, -0.2) is 23.1 Å². The van der Waals surface area contributed by atoms with Gasteiger partial charge in [0.1, 0.15) is 12.1 Å². The molecule has 2 aromatic heterocycles. The van der Waals surface area contributed by atoms with Crippen molar-refractivity contribution in [1.29, 1.82) is 0 Å². The summed E-state index contributed by atoms with van der Waals surface area (Å²) in [6.45, 7) is 4.20. The number of hydrogen-bond donors (Lipinski definition) is 1. The van der Waals surface area contributed by atoms with E-state index in [2.05, 4.69) is 34.2 Å². The molecule has 4 aromatic rings. The summed E-state index contributed by atoms with van der Waals surface area (Å²) < 4.78 is 25.9. The largest absolute Gasteiger partial charge is 0.337 e. The summed E-state index contributed by atoms with van der Waals surface area (Å²) in [6, 6.07) is 14.8. The molecule has 2 heterocycles. The Kier molecular flexibility index (Phi) is 4.79. The highest BCUT2D eigenvalue weighted by Crippen LogP contribution is 2.31. The molecule has 0 aliphatic rings. The van der Waals surface area contributed by atoms with E-state index >= 15 is 0 Å². The van der Waals surface area contributed by atoms with E-state index in [1.807, 2.05) is 35.0 Å². The van der Waals surface area contributed by atoms with Crippen LogP contribution in [0.3, 0.4) is 0 Å². The third kappa shape index (κ3) is 3.71. The molecule has 0 fully saturated rings. The number of anilines is 2. The van der Waals surface area contributed by atoms with Gasteiger partial charge in [0.05, 0.1) is 33.7 Å². The maximum absolute atomic E-state index is 12.0. The molecule has 0 radical (unpaired) electrons. The molecule has 0 bridgehead atoms. The third-order valence-electron chi connectivity index (χ3n) is 4.64. The maximum Gasteiger partial charge on any atom is 0.175 e. The van der Waals surface area contributed by atoms with E-state index < -0.39 is 9.84 Å². The van der Waals surface area contributed by atoms with Crippen LogP contribution in [0.2, 0.25) is 0 Å². The Morgan fingerprint density at radius 3 is 2.48 bits per heavy atom. The highest BCUT2D eigenvalue weighted by Gasteiger charge is 2.18. The third-order valence-corrected chi connectivity index (χ3v) is 5.75. The molecule has 0 atom stereocenters. The molecule has 4 rings (SSSR count). The van der Waals surface area contributed by atoms with Crippen molar-refractivity contribution in [2.45, 2.75) is 24.7 Å². The van der Waals surface area contributed by atoms with Crippen LogP contribution in [0.4, 0.5) is 11.5 Å². The smallest absolute Gasteiger partial charge is 0.175 e. The van der Waals surface area contributed by atoms with E-state index in [1.165, 1.54) is 12.6 Å². The van der Waals surface area contributed by atoms with Crippen LogP contribution >= 0.6 is 0 Å². The standard InChI is InChI=1S/C21H21N5O2S/c1-14(2)20-19(12-24-26(20)15-7-5-4-6-8-15)25-21-17-11-16(29(3,27)28)9-10-18(17)22-13-23-21/h4-14H,1-3H3,(H,22,23,25). The first kappa shape index (κ1) is 19.1. The van der Waals surface area contributed by atoms with E-state index in [-0.39, 0.29) is 10.8 Å². The van der Waals surface area contributed by atoms with E-state index in [4.69, 9.17) is 0 Å². The molecule has 0 aliphatic heterocycles. The molecular weight excluding hydrogens is 386 g/mol. The van der Waals surface area contributed by atoms with Crippen molar-refractivity contribution in [1.82, 2.24) is 19.7 Å². The molecule has 0 unspecified atom stereocenters. The second-order valence-electron chi connectivity index (χ2n) is 7.14. The van der Waals surface area contributed by atoms with Crippen LogP contribution < -0.4 is 5.32 Å². The van der Waals surface area contributed by atoms with Gasteiger partial charge in [0.15, 0.2) is 9.84 Å². The van der Waals surface area contributed by atoms with Crippen LogP contribution in [-0.4, -0.2) is 34.4 Å². The van der Waals surface area contributed by atoms with Crippen LogP contribution in [0.25, 0.3) is 16.6 Å². The van der Waals surface area contributed by atoms with Crippen molar-refractivity contribution in [2.75, 3.05) is 11.6 Å². The second kappa shape index (κ2) is 7.29. The van der Waals surface area contributed by atoms with Crippen LogP contribution in [0.15, 0.2) is 66.0 Å². The van der Waals surface area contributed by atoms with Crippen LogP contribution in [-0.2, 0) is 9.84 Å². The number of rotatable bonds is 5. The van der Waals surface area contributed by atoms with Gasteiger partial charge in [-0.2, -0.15) is 5.10 Å². The lowest BCUT2D eigenvalue weighted by molar-refractivity contribution is 0.602. The topological polar surface area (TPSA) is 89.8 Å². The quantitative estimate of drug-likeness (QED) is 0.536. The number of hydrogen-bond acceptors (Lipinski definition) is 6. The average Bonchev–Trinajstić information content (AvgIpc) is 3.12. The van der Waals surface area contributed by atoms with Crippen molar-refractivity contribution in [2.24, 2.45) is 0 Å². The summed E-state index contributed by atoms with van der Waals surface area (Å²) in [5, 5.41) is 8.53. The van der Waals surface area contributed by atoms with Gasteiger partial charge in [-0.1, -0.05) is 32.0 Å². The van der Waals surface area contributed by atoms with Crippen molar-refractivity contribution < 1.29 is 8.42 Å². The number of nitrogens with one attached hydrogen (secondary N) is 1. The first-order valence-electron chi connectivity index (χ1n) is 9.20. The Labute approximate surface area is 169 Å². The highest BCUT2D eigenvalue weighted by molar-refractivity contribution is 7.90. The average molecular weight is 407 g/mol. The monoisotopic (exact) mass is 407 g/mol. The summed E-state index contributed by atoms with van der Waals surface area (Å²) in [6.07, 6.45) is 4.41. The predicted octanol–water partition coefficient (Wildman–Crippen LogP) is 4.09. The second-order valence-corrected chi connectivity index (χ2v) is 9.16. The van der Waals surface area contributed by atoms with E-state index in [0.29, 0.717) is 16.7 Å². The first-order chi connectivity index (χ1) is 13.8. The zero-order chi connectivity index (χ0) is 20.6. The van der Waals surface area contributed by atoms with Gasteiger partial charge in [-0.3, -0.25) is 0 Å². The fourth-order valence-electron chi connectivity index (χ4n) is 3.28. The zero-order valence-corrected chi connectivity index (χ0v) is 17.2. The molecule has 0 saturated carbocycles. The lowest BCUT2D eigenvalue weighted by Crippen LogP contribution is -2.06. The fraction of sp³-hybridized carbons (Fsp3) is 0.190. The first-order valence-corrected chi connectivity index (χ1v) is 11.1. The van der Waals surface area contributed by atoms with Gasteiger partial charge in [0.25, 0.3) is 0 Å². The molecule has 2 aromatic carbocycles. The number of aromatic nitrogens is 4. The fourth-order valence-corrected chi connectivity index (χ4v) is 3.93. The Morgan fingerprint density at radius 1 is 1.03 bits per heavy atom. The van der Waals surface area contributed by atoms with Gasteiger partial charge < -0.3 is 5.32 Å². The molecule has 0 spiro atoms. The molecule has 0 amide bonds. The minimum atomic E-state index is -3.34. The molecule has 7 nitrogen and oxygen atoms in total. The molecule has 0 aliphatic carbocycles. The predicted molar refractivity (Wildman–Crippen MR) is 114 cm³/mol. The van der Waals surface area contributed by atoms with Gasteiger partial charge in [0, 0.05) is 11.6 Å². The molecule has 1 N–H and O–H groups in total. The summed E-state index contributed by atoms with van der Waals surface area (Å²) in [4.78, 5) is 8.83. The maximum atomic E-state index is 12.0. The van der Waals surface area contributed by atoms with E-state index in [0.717, 1.165) is 17.1 Å². The van der Waals surface area contributed by atoms with Gasteiger partial charge in [0.2, 0.25) is 0 Å². The minimum Gasteiger partial charge on any atom is -0.337 e. The van der Waals surface area contributed by atoms with Crippen molar-refractivity contribution >= 4 is 32.2 Å². The Balaban J connectivity index is 1.82. The van der Waals surface area contributed by atoms with Crippen molar-refractivity contribution in [3.8, 4) is 5.69 Å². The van der Waals surface area contributed by atoms with Crippen LogP contribution in [0, 0.1) is 0 Å². The van der Waals surface area contributed by atoms with Crippen LogP contribution in [0.5, 0.6) is 0 Å². The number of benzene rings is 2. The van der Waals surface area contributed by atoms with Gasteiger partial charge in [-0.15, -0.1) is 0 Å². The normalized spacial score (nSPS) is 11.9. The number of fused-ring (bicyclic) bond motifs is 1. The number of nitrogens with zero attached hydrogens (tertiary/aromatic N) is 4. The molecular formula is C21H21N5O2S. The van der Waals surface area contributed by atoms with E-state index in [9.17, 15) is 8.42 Å². The molecule has 0 saturated heterocycles. The SMILES string of the molecule is CC(C)c1c(Nc2ncnc3ccc(S(C)(=O)=O)cc23)cnn1-c1ccccc1. The lowest BCUT2D eigenvalue weighted by Gasteiger charge is -2.14. The molecule has 8 heteroatoms.